The first-order valence-corrected chi connectivity index (χ1v) is 7.39. The topological polar surface area (TPSA) is 70.7 Å². The Morgan fingerprint density at radius 2 is 2.37 bits per heavy atom. The Hall–Kier alpha value is -1.69. The van der Waals surface area contributed by atoms with Gasteiger partial charge in [-0.3, -0.25) is 4.79 Å². The molecule has 2 N–H and O–H groups in total. The van der Waals surface area contributed by atoms with E-state index < -0.39 is 0 Å². The van der Waals surface area contributed by atoms with E-state index in [-0.39, 0.29) is 11.6 Å². The number of nitrogens with one attached hydrogen (secondary N) is 2. The average molecular weight is 276 g/mol. The van der Waals surface area contributed by atoms with Gasteiger partial charge in [-0.1, -0.05) is 18.3 Å². The Bertz CT molecular complexity index is 634. The number of nitrogens with zero attached hydrogens (tertiary/aromatic N) is 2. The van der Waals surface area contributed by atoms with Gasteiger partial charge < -0.3 is 10.3 Å². The van der Waals surface area contributed by atoms with Crippen LogP contribution in [0, 0.1) is 0 Å². The second kappa shape index (κ2) is 5.13. The van der Waals surface area contributed by atoms with E-state index in [1.165, 1.54) is 5.56 Å². The molecule has 0 saturated heterocycles. The van der Waals surface area contributed by atoms with Crippen LogP contribution < -0.4 is 10.9 Å². The molecule has 2 aromatic rings. The third kappa shape index (κ3) is 2.53. The number of anilines is 1. The molecule has 3 rings (SSSR count). The maximum Gasteiger partial charge on any atom is 0.248 e. The zero-order chi connectivity index (χ0) is 13.2. The highest BCUT2D eigenvalue weighted by Crippen LogP contribution is 2.31. The quantitative estimate of drug-likeness (QED) is 0.902. The summed E-state index contributed by atoms with van der Waals surface area (Å²) in [7, 11) is 0. The molecule has 1 aliphatic carbocycles. The Balaban J connectivity index is 1.85. The lowest BCUT2D eigenvalue weighted by Gasteiger charge is -2.25. The van der Waals surface area contributed by atoms with E-state index in [1.54, 1.807) is 17.4 Å². The fourth-order valence-electron chi connectivity index (χ4n) is 2.45. The largest absolute Gasteiger partial charge is 0.353 e. The molecule has 19 heavy (non-hydrogen) atoms. The molecule has 0 spiro atoms. The summed E-state index contributed by atoms with van der Waals surface area (Å²) in [5.41, 5.74) is 2.21. The van der Waals surface area contributed by atoms with Crippen molar-refractivity contribution in [2.45, 2.75) is 38.6 Å². The van der Waals surface area contributed by atoms with Gasteiger partial charge in [0.1, 0.15) is 5.01 Å². The number of fused-ring (bicyclic) bond motifs is 1. The van der Waals surface area contributed by atoms with Crippen molar-refractivity contribution in [1.29, 1.82) is 0 Å². The molecule has 0 amide bonds. The molecule has 1 atom stereocenters. The summed E-state index contributed by atoms with van der Waals surface area (Å²) in [6.45, 7) is 2.07. The first-order valence-electron chi connectivity index (χ1n) is 6.57. The van der Waals surface area contributed by atoms with Gasteiger partial charge in [-0.25, -0.2) is 0 Å². The number of pyridine rings is 1. The second-order valence-corrected chi connectivity index (χ2v) is 5.76. The molecule has 6 heteroatoms. The van der Waals surface area contributed by atoms with Crippen molar-refractivity contribution in [2.75, 3.05) is 5.32 Å². The number of aromatic nitrogens is 3. The fraction of sp³-hybridized carbons (Fsp3) is 0.462. The highest BCUT2D eigenvalue weighted by molar-refractivity contribution is 7.15. The second-order valence-electron chi connectivity index (χ2n) is 4.70. The van der Waals surface area contributed by atoms with Gasteiger partial charge in [-0.15, -0.1) is 10.2 Å². The molecular formula is C13H16N4OS. The van der Waals surface area contributed by atoms with Crippen molar-refractivity contribution in [3.63, 3.8) is 0 Å². The van der Waals surface area contributed by atoms with Crippen molar-refractivity contribution in [3.8, 4) is 0 Å². The van der Waals surface area contributed by atoms with Crippen molar-refractivity contribution in [3.05, 3.63) is 38.8 Å². The van der Waals surface area contributed by atoms with Crippen LogP contribution in [-0.4, -0.2) is 15.2 Å². The van der Waals surface area contributed by atoms with E-state index in [0.29, 0.717) is 0 Å². The number of aromatic amines is 1. The summed E-state index contributed by atoms with van der Waals surface area (Å²) < 4.78 is 0. The Kier molecular flexibility index (Phi) is 3.33. The van der Waals surface area contributed by atoms with Crippen LogP contribution in [0.5, 0.6) is 0 Å². The van der Waals surface area contributed by atoms with Crippen LogP contribution in [0.1, 0.15) is 42.1 Å². The molecule has 0 radical (unpaired) electrons. The minimum absolute atomic E-state index is 0.0245. The predicted molar refractivity (Wildman–Crippen MR) is 75.7 cm³/mol. The maximum atomic E-state index is 11.4. The van der Waals surface area contributed by atoms with Crippen LogP contribution in [0.15, 0.2) is 16.9 Å². The zero-order valence-corrected chi connectivity index (χ0v) is 11.6. The number of H-pyrrole nitrogens is 1. The summed E-state index contributed by atoms with van der Waals surface area (Å²) in [5, 5.41) is 13.6. The molecule has 0 aromatic carbocycles. The van der Waals surface area contributed by atoms with Gasteiger partial charge in [0.2, 0.25) is 10.7 Å². The van der Waals surface area contributed by atoms with Crippen LogP contribution in [0.4, 0.5) is 5.13 Å². The smallest absolute Gasteiger partial charge is 0.248 e. The van der Waals surface area contributed by atoms with E-state index in [0.717, 1.165) is 41.5 Å². The highest BCUT2D eigenvalue weighted by Gasteiger charge is 2.21. The van der Waals surface area contributed by atoms with E-state index in [9.17, 15) is 4.79 Å². The molecule has 5 nitrogen and oxygen atoms in total. The van der Waals surface area contributed by atoms with E-state index in [2.05, 4.69) is 27.4 Å². The van der Waals surface area contributed by atoms with Gasteiger partial charge in [-0.2, -0.15) is 0 Å². The van der Waals surface area contributed by atoms with Gasteiger partial charge in [0.05, 0.1) is 6.04 Å². The number of hydrogen-bond acceptors (Lipinski definition) is 5. The molecule has 0 fully saturated rings. The zero-order valence-electron chi connectivity index (χ0n) is 10.8. The molecule has 0 aliphatic heterocycles. The van der Waals surface area contributed by atoms with Gasteiger partial charge in [-0.05, 0) is 37.3 Å². The van der Waals surface area contributed by atoms with Crippen LogP contribution in [0.2, 0.25) is 0 Å². The summed E-state index contributed by atoms with van der Waals surface area (Å²) in [5.74, 6) is 0. The molecule has 0 bridgehead atoms. The molecule has 2 heterocycles. The van der Waals surface area contributed by atoms with Crippen LogP contribution >= 0.6 is 11.3 Å². The van der Waals surface area contributed by atoms with Gasteiger partial charge in [0.25, 0.3) is 0 Å². The van der Waals surface area contributed by atoms with Gasteiger partial charge in [0, 0.05) is 11.8 Å². The van der Waals surface area contributed by atoms with Crippen molar-refractivity contribution in [2.24, 2.45) is 0 Å². The minimum Gasteiger partial charge on any atom is -0.353 e. The van der Waals surface area contributed by atoms with Gasteiger partial charge >= 0.3 is 0 Å². The molecule has 1 unspecified atom stereocenters. The highest BCUT2D eigenvalue weighted by atomic mass is 32.1. The number of hydrogen-bond donors (Lipinski definition) is 2. The number of rotatable bonds is 3. The van der Waals surface area contributed by atoms with Crippen LogP contribution in [-0.2, 0) is 12.8 Å². The monoisotopic (exact) mass is 276 g/mol. The predicted octanol–water partition coefficient (Wildman–Crippen LogP) is 2.28. The Morgan fingerprint density at radius 3 is 3.16 bits per heavy atom. The van der Waals surface area contributed by atoms with Crippen LogP contribution in [0.25, 0.3) is 0 Å². The van der Waals surface area contributed by atoms with E-state index >= 15 is 0 Å². The Labute approximate surface area is 115 Å². The standard InChI is InChI=1S/C13H16N4OS/c1-2-12-16-17-13(19-12)15-10-5-3-4-9-8(10)6-7-11(18)14-9/h6-7,10H,2-5H2,1H3,(H,14,18)(H,15,17). The Morgan fingerprint density at radius 1 is 1.47 bits per heavy atom. The first-order chi connectivity index (χ1) is 9.26. The first kappa shape index (κ1) is 12.3. The molecule has 0 saturated carbocycles. The van der Waals surface area contributed by atoms with Crippen molar-refractivity contribution >= 4 is 16.5 Å². The normalized spacial score (nSPS) is 18.1. The molecular weight excluding hydrogens is 260 g/mol. The van der Waals surface area contributed by atoms with Crippen molar-refractivity contribution in [1.82, 2.24) is 15.2 Å². The van der Waals surface area contributed by atoms with Gasteiger partial charge in [0.15, 0.2) is 0 Å². The SMILES string of the molecule is CCc1nnc(NC2CCCc3[nH]c(=O)ccc32)s1. The number of aryl methyl sites for hydroxylation is 2. The lowest BCUT2D eigenvalue weighted by Crippen LogP contribution is -2.21. The fourth-order valence-corrected chi connectivity index (χ4v) is 3.19. The van der Waals surface area contributed by atoms with Crippen molar-refractivity contribution < 1.29 is 0 Å². The summed E-state index contributed by atoms with van der Waals surface area (Å²) in [4.78, 5) is 14.3. The van der Waals surface area contributed by atoms with E-state index in [1.807, 2.05) is 6.07 Å². The molecule has 1 aliphatic rings. The summed E-state index contributed by atoms with van der Waals surface area (Å²) >= 11 is 1.60. The lowest BCUT2D eigenvalue weighted by atomic mass is 9.91. The third-order valence-electron chi connectivity index (χ3n) is 3.40. The summed E-state index contributed by atoms with van der Waals surface area (Å²) in [6, 6.07) is 3.74. The molecule has 100 valence electrons. The average Bonchev–Trinajstić information content (AvgIpc) is 2.86. The van der Waals surface area contributed by atoms with E-state index in [4.69, 9.17) is 0 Å². The third-order valence-corrected chi connectivity index (χ3v) is 4.40. The van der Waals surface area contributed by atoms with Crippen LogP contribution in [0.3, 0.4) is 0 Å². The maximum absolute atomic E-state index is 11.4. The minimum atomic E-state index is -0.0245. The molecule has 2 aromatic heterocycles. The lowest BCUT2D eigenvalue weighted by molar-refractivity contribution is 0.586. The summed E-state index contributed by atoms with van der Waals surface area (Å²) in [6.07, 6.45) is 3.98.